The highest BCUT2D eigenvalue weighted by Gasteiger charge is 2.41. The van der Waals surface area contributed by atoms with E-state index in [0.29, 0.717) is 6.04 Å². The summed E-state index contributed by atoms with van der Waals surface area (Å²) in [6, 6.07) is 11.1. The first kappa shape index (κ1) is 15.0. The van der Waals surface area contributed by atoms with Crippen LogP contribution in [0.25, 0.3) is 0 Å². The molecule has 3 rings (SSSR count). The van der Waals surface area contributed by atoms with Gasteiger partial charge in [0.05, 0.1) is 12.2 Å². The lowest BCUT2D eigenvalue weighted by atomic mass is 9.88. The van der Waals surface area contributed by atoms with Crippen molar-refractivity contribution in [3.8, 4) is 0 Å². The van der Waals surface area contributed by atoms with Crippen LogP contribution in [0, 0.1) is 0 Å². The average molecular weight is 289 g/mol. The fourth-order valence-corrected chi connectivity index (χ4v) is 4.02. The summed E-state index contributed by atoms with van der Waals surface area (Å²) < 4.78 is 6.15. The van der Waals surface area contributed by atoms with E-state index in [1.54, 1.807) is 0 Å². The second-order valence-corrected chi connectivity index (χ2v) is 6.56. The Hall–Kier alpha value is -0.900. The normalized spacial score (nSPS) is 24.8. The Morgan fingerprint density at radius 2 is 1.95 bits per heavy atom. The zero-order valence-electron chi connectivity index (χ0n) is 12.8. The summed E-state index contributed by atoms with van der Waals surface area (Å²) in [5, 5.41) is 9.43. The maximum absolute atomic E-state index is 9.43. The lowest BCUT2D eigenvalue weighted by Gasteiger charge is -2.43. The molecule has 1 aromatic rings. The molecule has 1 aliphatic heterocycles. The van der Waals surface area contributed by atoms with Gasteiger partial charge in [-0.1, -0.05) is 43.2 Å². The van der Waals surface area contributed by atoms with Gasteiger partial charge in [-0.3, -0.25) is 4.90 Å². The summed E-state index contributed by atoms with van der Waals surface area (Å²) in [5.74, 6) is 0. The van der Waals surface area contributed by atoms with E-state index < -0.39 is 0 Å². The zero-order chi connectivity index (χ0) is 14.5. The number of hydrogen-bond donors (Lipinski definition) is 1. The SMILES string of the molecule is OCCN(Cc1ccccc1)C1CCOC2(CCCC2)C1. The van der Waals surface area contributed by atoms with Crippen LogP contribution >= 0.6 is 0 Å². The van der Waals surface area contributed by atoms with Crippen molar-refractivity contribution in [3.63, 3.8) is 0 Å². The minimum absolute atomic E-state index is 0.146. The van der Waals surface area contributed by atoms with E-state index in [1.165, 1.54) is 31.2 Å². The van der Waals surface area contributed by atoms with Crippen LogP contribution in [0.2, 0.25) is 0 Å². The van der Waals surface area contributed by atoms with E-state index in [-0.39, 0.29) is 12.2 Å². The van der Waals surface area contributed by atoms with Crippen molar-refractivity contribution in [2.75, 3.05) is 19.8 Å². The van der Waals surface area contributed by atoms with Gasteiger partial charge in [-0.25, -0.2) is 0 Å². The first-order valence-electron chi connectivity index (χ1n) is 8.34. The van der Waals surface area contributed by atoms with Gasteiger partial charge in [-0.15, -0.1) is 0 Å². The molecule has 0 bridgehead atoms. The summed E-state index contributed by atoms with van der Waals surface area (Å²) in [5.41, 5.74) is 1.48. The van der Waals surface area contributed by atoms with Crippen molar-refractivity contribution in [2.45, 2.75) is 56.7 Å². The largest absolute Gasteiger partial charge is 0.395 e. The van der Waals surface area contributed by atoms with Crippen molar-refractivity contribution in [1.29, 1.82) is 0 Å². The number of aliphatic hydroxyl groups is 1. The second kappa shape index (κ2) is 6.91. The molecule has 1 aliphatic carbocycles. The van der Waals surface area contributed by atoms with Crippen molar-refractivity contribution in [2.24, 2.45) is 0 Å². The van der Waals surface area contributed by atoms with Crippen LogP contribution in [0.5, 0.6) is 0 Å². The van der Waals surface area contributed by atoms with Crippen molar-refractivity contribution in [1.82, 2.24) is 4.90 Å². The molecule has 116 valence electrons. The molecule has 0 radical (unpaired) electrons. The van der Waals surface area contributed by atoms with Crippen LogP contribution < -0.4 is 0 Å². The summed E-state index contributed by atoms with van der Waals surface area (Å²) in [4.78, 5) is 2.46. The third-order valence-electron chi connectivity index (χ3n) is 5.11. The second-order valence-electron chi connectivity index (χ2n) is 6.56. The van der Waals surface area contributed by atoms with Crippen LogP contribution in [0.4, 0.5) is 0 Å². The number of ether oxygens (including phenoxy) is 1. The van der Waals surface area contributed by atoms with E-state index in [2.05, 4.69) is 35.2 Å². The molecule has 1 atom stereocenters. The average Bonchev–Trinajstić information content (AvgIpc) is 2.96. The predicted octanol–water partition coefficient (Wildman–Crippen LogP) is 2.97. The summed E-state index contributed by atoms with van der Waals surface area (Å²) in [6.07, 6.45) is 7.30. The minimum Gasteiger partial charge on any atom is -0.395 e. The van der Waals surface area contributed by atoms with Gasteiger partial charge in [0, 0.05) is 25.7 Å². The first-order valence-corrected chi connectivity index (χ1v) is 8.34. The lowest BCUT2D eigenvalue weighted by molar-refractivity contribution is -0.104. The van der Waals surface area contributed by atoms with Crippen LogP contribution in [0.15, 0.2) is 30.3 Å². The summed E-state index contributed by atoms with van der Waals surface area (Å²) >= 11 is 0. The molecule has 1 N–H and O–H groups in total. The highest BCUT2D eigenvalue weighted by atomic mass is 16.5. The number of aliphatic hydroxyl groups excluding tert-OH is 1. The zero-order valence-corrected chi connectivity index (χ0v) is 12.8. The monoisotopic (exact) mass is 289 g/mol. The van der Waals surface area contributed by atoms with Crippen molar-refractivity contribution < 1.29 is 9.84 Å². The number of rotatable bonds is 5. The van der Waals surface area contributed by atoms with E-state index >= 15 is 0 Å². The van der Waals surface area contributed by atoms with Crippen LogP contribution in [0.1, 0.15) is 44.1 Å². The van der Waals surface area contributed by atoms with E-state index in [9.17, 15) is 5.11 Å². The van der Waals surface area contributed by atoms with E-state index in [4.69, 9.17) is 4.74 Å². The Labute approximate surface area is 127 Å². The molecule has 2 fully saturated rings. The molecular weight excluding hydrogens is 262 g/mol. The quantitative estimate of drug-likeness (QED) is 0.904. The van der Waals surface area contributed by atoms with Gasteiger partial charge < -0.3 is 9.84 Å². The molecule has 2 aliphatic rings. The molecule has 21 heavy (non-hydrogen) atoms. The fraction of sp³-hybridized carbons (Fsp3) is 0.667. The molecule has 1 heterocycles. The van der Waals surface area contributed by atoms with Gasteiger partial charge in [-0.2, -0.15) is 0 Å². The summed E-state index contributed by atoms with van der Waals surface area (Å²) in [7, 11) is 0. The third-order valence-corrected chi connectivity index (χ3v) is 5.11. The third kappa shape index (κ3) is 3.65. The lowest BCUT2D eigenvalue weighted by Crippen LogP contribution is -2.48. The minimum atomic E-state index is 0.146. The van der Waals surface area contributed by atoms with Gasteiger partial charge >= 0.3 is 0 Å². The van der Waals surface area contributed by atoms with Gasteiger partial charge in [-0.05, 0) is 31.2 Å². The Balaban J connectivity index is 1.68. The predicted molar refractivity (Wildman–Crippen MR) is 84.1 cm³/mol. The first-order chi connectivity index (χ1) is 10.3. The van der Waals surface area contributed by atoms with Crippen LogP contribution in [-0.2, 0) is 11.3 Å². The Morgan fingerprint density at radius 3 is 2.67 bits per heavy atom. The van der Waals surface area contributed by atoms with Gasteiger partial charge in [0.15, 0.2) is 0 Å². The highest BCUT2D eigenvalue weighted by molar-refractivity contribution is 5.14. The summed E-state index contributed by atoms with van der Waals surface area (Å²) in [6.45, 7) is 2.80. The van der Waals surface area contributed by atoms with Gasteiger partial charge in [0.2, 0.25) is 0 Å². The molecule has 1 saturated carbocycles. The molecule has 3 nitrogen and oxygen atoms in total. The maximum atomic E-state index is 9.43. The van der Waals surface area contributed by atoms with Crippen LogP contribution in [-0.4, -0.2) is 41.4 Å². The number of benzene rings is 1. The molecule has 0 amide bonds. The van der Waals surface area contributed by atoms with Crippen molar-refractivity contribution in [3.05, 3.63) is 35.9 Å². The van der Waals surface area contributed by atoms with E-state index in [1.807, 2.05) is 0 Å². The topological polar surface area (TPSA) is 32.7 Å². The molecular formula is C18H27NO2. The molecule has 1 aromatic carbocycles. The number of hydrogen-bond acceptors (Lipinski definition) is 3. The maximum Gasteiger partial charge on any atom is 0.0697 e. The molecule has 1 saturated heterocycles. The van der Waals surface area contributed by atoms with E-state index in [0.717, 1.165) is 32.5 Å². The molecule has 1 spiro atoms. The smallest absolute Gasteiger partial charge is 0.0697 e. The highest BCUT2D eigenvalue weighted by Crippen LogP contribution is 2.41. The van der Waals surface area contributed by atoms with Gasteiger partial charge in [0.25, 0.3) is 0 Å². The molecule has 3 heteroatoms. The Kier molecular flexibility index (Phi) is 4.94. The fourth-order valence-electron chi connectivity index (χ4n) is 4.02. The number of nitrogens with zero attached hydrogens (tertiary/aromatic N) is 1. The van der Waals surface area contributed by atoms with Gasteiger partial charge in [0.1, 0.15) is 0 Å². The Morgan fingerprint density at radius 1 is 1.19 bits per heavy atom. The van der Waals surface area contributed by atoms with Crippen LogP contribution in [0.3, 0.4) is 0 Å². The molecule has 0 aromatic heterocycles. The standard InChI is InChI=1S/C18H27NO2/c20-12-11-19(15-16-6-2-1-3-7-16)17-8-13-21-18(14-17)9-4-5-10-18/h1-3,6-7,17,20H,4-5,8-15H2. The Bertz CT molecular complexity index is 428. The molecule has 1 unspecified atom stereocenters. The van der Waals surface area contributed by atoms with Crippen molar-refractivity contribution >= 4 is 0 Å².